The summed E-state index contributed by atoms with van der Waals surface area (Å²) in [5.74, 6) is 0. The molecule has 10 rings (SSSR count). The minimum Gasteiger partial charge on any atom is -0.455 e. The van der Waals surface area contributed by atoms with Crippen LogP contribution in [0.3, 0.4) is 0 Å². The lowest BCUT2D eigenvalue weighted by atomic mass is 10.00. The van der Waals surface area contributed by atoms with Crippen molar-refractivity contribution in [3.05, 3.63) is 163 Å². The topological polar surface area (TPSA) is 29.5 Å². The van der Waals surface area contributed by atoms with Crippen molar-refractivity contribution < 1.29 is 8.83 Å². The zero-order chi connectivity index (χ0) is 31.8. The van der Waals surface area contributed by atoms with E-state index in [1.807, 2.05) is 6.07 Å². The minimum atomic E-state index is 0.853. The van der Waals surface area contributed by atoms with E-state index in [2.05, 4.69) is 163 Å². The summed E-state index contributed by atoms with van der Waals surface area (Å²) in [6, 6.07) is 55.8. The number of hydrogen-bond acceptors (Lipinski definition) is 3. The minimum absolute atomic E-state index is 0.853. The van der Waals surface area contributed by atoms with Gasteiger partial charge in [0, 0.05) is 43.6 Å². The summed E-state index contributed by atoms with van der Waals surface area (Å²) >= 11 is 0. The Morgan fingerprint density at radius 3 is 1.85 bits per heavy atom. The average Bonchev–Trinajstić information content (AvgIpc) is 3.70. The van der Waals surface area contributed by atoms with Crippen molar-refractivity contribution in [1.82, 2.24) is 0 Å². The van der Waals surface area contributed by atoms with Crippen molar-refractivity contribution in [2.45, 2.75) is 6.92 Å². The highest BCUT2D eigenvalue weighted by molar-refractivity contribution is 6.22. The molecular formula is C45H29NO2. The highest BCUT2D eigenvalue weighted by Crippen LogP contribution is 2.48. The molecule has 0 saturated heterocycles. The van der Waals surface area contributed by atoms with Crippen molar-refractivity contribution in [2.24, 2.45) is 0 Å². The van der Waals surface area contributed by atoms with Crippen LogP contribution in [0.1, 0.15) is 5.56 Å². The number of fused-ring (bicyclic) bond motifs is 9. The van der Waals surface area contributed by atoms with Crippen molar-refractivity contribution in [1.29, 1.82) is 0 Å². The van der Waals surface area contributed by atoms with Crippen LogP contribution in [0.2, 0.25) is 0 Å². The van der Waals surface area contributed by atoms with E-state index in [-0.39, 0.29) is 0 Å². The van der Waals surface area contributed by atoms with E-state index in [4.69, 9.17) is 8.83 Å². The first kappa shape index (κ1) is 26.9. The lowest BCUT2D eigenvalue weighted by molar-refractivity contribution is 0.670. The molecule has 0 unspecified atom stereocenters. The number of hydrogen-bond donors (Lipinski definition) is 0. The lowest BCUT2D eigenvalue weighted by Crippen LogP contribution is -2.12. The van der Waals surface area contributed by atoms with Crippen LogP contribution in [-0.2, 0) is 0 Å². The fourth-order valence-corrected chi connectivity index (χ4v) is 7.48. The summed E-state index contributed by atoms with van der Waals surface area (Å²) < 4.78 is 13.6. The molecule has 0 atom stereocenters. The van der Waals surface area contributed by atoms with Crippen LogP contribution in [0.4, 0.5) is 17.1 Å². The Bertz CT molecular complexity index is 2860. The monoisotopic (exact) mass is 615 g/mol. The molecule has 0 aliphatic heterocycles. The molecule has 0 bridgehead atoms. The van der Waals surface area contributed by atoms with Gasteiger partial charge in [-0.2, -0.15) is 0 Å². The van der Waals surface area contributed by atoms with Crippen molar-refractivity contribution >= 4 is 82.5 Å². The van der Waals surface area contributed by atoms with Gasteiger partial charge in [-0.3, -0.25) is 0 Å². The number of aryl methyl sites for hydroxylation is 1. The van der Waals surface area contributed by atoms with Crippen molar-refractivity contribution in [3.8, 4) is 11.1 Å². The standard InChI is InChI=1S/C45H29NO2/c1-28-13-5-10-23-39(28)46(40-24-12-22-36-35-21-11-20-32(43(35)48-45(36)40)29-14-3-2-4-15-29)41-27-38-37-25-30-16-6-7-17-31(30)26-42(37)47-44(38)34-19-9-8-18-33(34)41/h2-27H,1H3. The number of para-hydroxylation sites is 3. The predicted octanol–water partition coefficient (Wildman–Crippen LogP) is 13.2. The highest BCUT2D eigenvalue weighted by atomic mass is 16.3. The Morgan fingerprint density at radius 2 is 1.02 bits per heavy atom. The Hall–Kier alpha value is -6.32. The first-order valence-corrected chi connectivity index (χ1v) is 16.4. The quantitative estimate of drug-likeness (QED) is 0.197. The summed E-state index contributed by atoms with van der Waals surface area (Å²) in [6.45, 7) is 2.18. The van der Waals surface area contributed by atoms with E-state index >= 15 is 0 Å². The van der Waals surface area contributed by atoms with Crippen LogP contribution in [0.15, 0.2) is 167 Å². The molecule has 0 radical (unpaired) electrons. The molecule has 0 amide bonds. The van der Waals surface area contributed by atoms with Crippen LogP contribution in [0.5, 0.6) is 0 Å². The molecule has 0 fully saturated rings. The second-order valence-electron chi connectivity index (χ2n) is 12.5. The highest BCUT2D eigenvalue weighted by Gasteiger charge is 2.25. The normalized spacial score (nSPS) is 11.9. The molecule has 0 spiro atoms. The number of furan rings is 2. The van der Waals surface area contributed by atoms with Gasteiger partial charge in [-0.15, -0.1) is 0 Å². The fraction of sp³-hybridized carbons (Fsp3) is 0.0222. The van der Waals surface area contributed by atoms with E-state index < -0.39 is 0 Å². The van der Waals surface area contributed by atoms with Gasteiger partial charge < -0.3 is 13.7 Å². The van der Waals surface area contributed by atoms with E-state index in [0.717, 1.165) is 82.8 Å². The number of rotatable bonds is 4. The molecular weight excluding hydrogens is 587 g/mol. The largest absolute Gasteiger partial charge is 0.455 e. The van der Waals surface area contributed by atoms with E-state index in [0.29, 0.717) is 0 Å². The maximum atomic E-state index is 6.98. The Labute approximate surface area is 276 Å². The smallest absolute Gasteiger partial charge is 0.159 e. The molecule has 3 heteroatoms. The third kappa shape index (κ3) is 3.94. The van der Waals surface area contributed by atoms with Gasteiger partial charge in [0.05, 0.1) is 11.4 Å². The zero-order valence-electron chi connectivity index (χ0n) is 26.3. The van der Waals surface area contributed by atoms with Crippen LogP contribution < -0.4 is 4.90 Å². The number of nitrogens with zero attached hydrogens (tertiary/aromatic N) is 1. The zero-order valence-corrected chi connectivity index (χ0v) is 26.3. The van der Waals surface area contributed by atoms with Gasteiger partial charge in [-0.05, 0) is 59.2 Å². The van der Waals surface area contributed by atoms with Gasteiger partial charge in [0.1, 0.15) is 16.7 Å². The number of benzene rings is 8. The van der Waals surface area contributed by atoms with E-state index in [1.54, 1.807) is 0 Å². The Balaban J connectivity index is 1.32. The van der Waals surface area contributed by atoms with Gasteiger partial charge in [-0.1, -0.05) is 127 Å². The van der Waals surface area contributed by atoms with Gasteiger partial charge >= 0.3 is 0 Å². The summed E-state index contributed by atoms with van der Waals surface area (Å²) in [5, 5.41) is 8.93. The average molecular weight is 616 g/mol. The third-order valence-electron chi connectivity index (χ3n) is 9.75. The Kier molecular flexibility index (Phi) is 5.79. The molecule has 0 N–H and O–H groups in total. The summed E-state index contributed by atoms with van der Waals surface area (Å²) in [4.78, 5) is 2.38. The second-order valence-corrected chi connectivity index (χ2v) is 12.5. The Morgan fingerprint density at radius 1 is 0.396 bits per heavy atom. The molecule has 8 aromatic carbocycles. The van der Waals surface area contributed by atoms with Gasteiger partial charge in [0.2, 0.25) is 0 Å². The SMILES string of the molecule is Cc1ccccc1N(c1cc2c3cc4ccccc4cc3oc2c2ccccc12)c1cccc2c1oc1c(-c3ccccc3)cccc12. The van der Waals surface area contributed by atoms with Crippen molar-refractivity contribution in [3.63, 3.8) is 0 Å². The lowest BCUT2D eigenvalue weighted by Gasteiger charge is -2.28. The second kappa shape index (κ2) is 10.3. The first-order chi connectivity index (χ1) is 23.7. The maximum absolute atomic E-state index is 6.98. The molecule has 3 nitrogen and oxygen atoms in total. The summed E-state index contributed by atoms with van der Waals surface area (Å²) in [7, 11) is 0. The van der Waals surface area contributed by atoms with Gasteiger partial charge in [-0.25, -0.2) is 0 Å². The molecule has 2 aromatic heterocycles. The van der Waals surface area contributed by atoms with Crippen LogP contribution in [-0.4, -0.2) is 0 Å². The van der Waals surface area contributed by atoms with Crippen LogP contribution in [0.25, 0.3) is 76.5 Å². The molecule has 0 saturated carbocycles. The van der Waals surface area contributed by atoms with E-state index in [1.165, 1.54) is 16.3 Å². The van der Waals surface area contributed by atoms with E-state index in [9.17, 15) is 0 Å². The molecule has 10 aromatic rings. The summed E-state index contributed by atoms with van der Waals surface area (Å²) in [6.07, 6.45) is 0. The fourth-order valence-electron chi connectivity index (χ4n) is 7.48. The molecule has 2 heterocycles. The summed E-state index contributed by atoms with van der Waals surface area (Å²) in [5.41, 5.74) is 10.1. The molecule has 0 aliphatic carbocycles. The molecule has 48 heavy (non-hydrogen) atoms. The van der Waals surface area contributed by atoms with Crippen molar-refractivity contribution in [2.75, 3.05) is 4.90 Å². The predicted molar refractivity (Wildman–Crippen MR) is 201 cm³/mol. The molecule has 0 aliphatic rings. The number of anilines is 3. The van der Waals surface area contributed by atoms with Gasteiger partial charge in [0.15, 0.2) is 5.58 Å². The third-order valence-corrected chi connectivity index (χ3v) is 9.75. The maximum Gasteiger partial charge on any atom is 0.159 e. The van der Waals surface area contributed by atoms with Crippen LogP contribution >= 0.6 is 0 Å². The van der Waals surface area contributed by atoms with Gasteiger partial charge in [0.25, 0.3) is 0 Å². The first-order valence-electron chi connectivity index (χ1n) is 16.4. The molecule has 226 valence electrons. The van der Waals surface area contributed by atoms with Crippen LogP contribution in [0, 0.1) is 6.92 Å².